The molecule has 1 N–H and O–H groups in total. The van der Waals surface area contributed by atoms with Gasteiger partial charge >= 0.3 is 5.97 Å². The molecule has 0 spiro atoms. The van der Waals surface area contributed by atoms with E-state index in [1.807, 2.05) is 13.8 Å². The lowest BCUT2D eigenvalue weighted by Crippen LogP contribution is -2.34. The second-order valence-corrected chi connectivity index (χ2v) is 5.40. The number of nitrogens with zero attached hydrogens (tertiary/aromatic N) is 1. The summed E-state index contributed by atoms with van der Waals surface area (Å²) in [5, 5.41) is 8.33. The average molecular weight is 209 g/mol. The Morgan fingerprint density at radius 3 is 2.23 bits per heavy atom. The van der Waals surface area contributed by atoms with E-state index in [9.17, 15) is 13.2 Å². The minimum atomic E-state index is -3.62. The molecule has 5 nitrogen and oxygen atoms in total. The normalized spacial score (nSPS) is 12.4. The molecule has 0 aliphatic carbocycles. The van der Waals surface area contributed by atoms with Crippen molar-refractivity contribution in [3.63, 3.8) is 0 Å². The first-order valence-corrected chi connectivity index (χ1v) is 5.52. The maximum atomic E-state index is 11.2. The molecule has 0 radical (unpaired) electrons. The molecule has 0 aromatic rings. The van der Waals surface area contributed by atoms with Crippen molar-refractivity contribution in [2.24, 2.45) is 5.92 Å². The fourth-order valence-corrected chi connectivity index (χ4v) is 1.95. The third-order valence-corrected chi connectivity index (χ3v) is 3.11. The van der Waals surface area contributed by atoms with Gasteiger partial charge < -0.3 is 5.11 Å². The van der Waals surface area contributed by atoms with Crippen LogP contribution in [0.1, 0.15) is 13.8 Å². The predicted octanol–water partition coefficient (Wildman–Crippen LogP) is -0.0114. The van der Waals surface area contributed by atoms with Gasteiger partial charge in [-0.1, -0.05) is 13.8 Å². The Labute approximate surface area is 78.4 Å². The van der Waals surface area contributed by atoms with Crippen molar-refractivity contribution in [1.29, 1.82) is 0 Å². The van der Waals surface area contributed by atoms with Crippen LogP contribution in [-0.4, -0.2) is 43.1 Å². The van der Waals surface area contributed by atoms with Crippen LogP contribution < -0.4 is 0 Å². The van der Waals surface area contributed by atoms with Gasteiger partial charge in [-0.3, -0.25) is 4.79 Å². The first-order chi connectivity index (χ1) is 5.75. The maximum Gasteiger partial charge on any atom is 0.320 e. The van der Waals surface area contributed by atoms with Crippen molar-refractivity contribution in [2.75, 3.05) is 19.3 Å². The zero-order valence-electron chi connectivity index (χ0n) is 8.02. The van der Waals surface area contributed by atoms with Gasteiger partial charge in [0.15, 0.2) is 5.75 Å². The molecule has 0 saturated carbocycles. The first-order valence-electron chi connectivity index (χ1n) is 3.91. The van der Waals surface area contributed by atoms with E-state index in [1.54, 1.807) is 0 Å². The molecule has 0 rings (SSSR count). The van der Waals surface area contributed by atoms with Gasteiger partial charge in [0.25, 0.3) is 0 Å². The molecule has 0 aromatic heterocycles. The van der Waals surface area contributed by atoms with Crippen molar-refractivity contribution in [3.8, 4) is 0 Å². The molecule has 0 fully saturated rings. The maximum absolute atomic E-state index is 11.2. The van der Waals surface area contributed by atoms with Gasteiger partial charge in [-0.2, -0.15) is 0 Å². The number of carboxylic acid groups (broad SMARTS) is 1. The van der Waals surface area contributed by atoms with Crippen LogP contribution in [0.4, 0.5) is 0 Å². The molecule has 0 aliphatic rings. The molecule has 0 aliphatic heterocycles. The first kappa shape index (κ1) is 12.4. The summed E-state index contributed by atoms with van der Waals surface area (Å²) < 4.78 is 23.5. The molecule has 0 atom stereocenters. The van der Waals surface area contributed by atoms with E-state index in [2.05, 4.69) is 0 Å². The summed E-state index contributed by atoms with van der Waals surface area (Å²) in [5.41, 5.74) is 0. The van der Waals surface area contributed by atoms with Crippen LogP contribution in [0, 0.1) is 5.92 Å². The van der Waals surface area contributed by atoms with Crippen LogP contribution in [0.25, 0.3) is 0 Å². The topological polar surface area (TPSA) is 74.7 Å². The van der Waals surface area contributed by atoms with Crippen molar-refractivity contribution in [2.45, 2.75) is 13.8 Å². The molecule has 78 valence electrons. The summed E-state index contributed by atoms with van der Waals surface area (Å²) in [6.45, 7) is 4.08. The van der Waals surface area contributed by atoms with Crippen LogP contribution >= 0.6 is 0 Å². The summed E-state index contributed by atoms with van der Waals surface area (Å²) in [7, 11) is -2.23. The molecule has 0 heterocycles. The monoisotopic (exact) mass is 209 g/mol. The van der Waals surface area contributed by atoms with Crippen LogP contribution in [0.15, 0.2) is 0 Å². The van der Waals surface area contributed by atoms with E-state index < -0.39 is 21.7 Å². The average Bonchev–Trinajstić information content (AvgIpc) is 1.81. The van der Waals surface area contributed by atoms with Crippen LogP contribution in [0.2, 0.25) is 0 Å². The quantitative estimate of drug-likeness (QED) is 0.691. The smallest absolute Gasteiger partial charge is 0.320 e. The van der Waals surface area contributed by atoms with E-state index in [0.717, 1.165) is 4.31 Å². The highest BCUT2D eigenvalue weighted by Crippen LogP contribution is 2.02. The fourth-order valence-electron chi connectivity index (χ4n) is 0.894. The lowest BCUT2D eigenvalue weighted by molar-refractivity contribution is -0.134. The summed E-state index contributed by atoms with van der Waals surface area (Å²) >= 11 is 0. The highest BCUT2D eigenvalue weighted by molar-refractivity contribution is 7.89. The number of hydrogen-bond acceptors (Lipinski definition) is 3. The van der Waals surface area contributed by atoms with Crippen molar-refractivity contribution in [1.82, 2.24) is 4.31 Å². The zero-order chi connectivity index (χ0) is 10.6. The molecule has 13 heavy (non-hydrogen) atoms. The molecule has 0 amide bonds. The Kier molecular flexibility index (Phi) is 4.35. The third kappa shape index (κ3) is 4.84. The number of carboxylic acids is 1. The Bertz CT molecular complexity index is 270. The Hall–Kier alpha value is -0.620. The van der Waals surface area contributed by atoms with Gasteiger partial charge in [0, 0.05) is 13.6 Å². The summed E-state index contributed by atoms with van der Waals surface area (Å²) in [4.78, 5) is 10.2. The van der Waals surface area contributed by atoms with Crippen molar-refractivity contribution in [3.05, 3.63) is 0 Å². The molecule has 0 bridgehead atoms. The van der Waals surface area contributed by atoms with E-state index in [4.69, 9.17) is 5.11 Å². The summed E-state index contributed by atoms with van der Waals surface area (Å²) in [5.74, 6) is -1.97. The van der Waals surface area contributed by atoms with E-state index in [0.29, 0.717) is 6.54 Å². The Morgan fingerprint density at radius 2 is 1.92 bits per heavy atom. The predicted molar refractivity (Wildman–Crippen MR) is 48.9 cm³/mol. The van der Waals surface area contributed by atoms with E-state index in [-0.39, 0.29) is 5.92 Å². The minimum absolute atomic E-state index is 0.188. The lowest BCUT2D eigenvalue weighted by Gasteiger charge is -2.17. The second-order valence-electron chi connectivity index (χ2n) is 3.32. The summed E-state index contributed by atoms with van der Waals surface area (Å²) in [6.07, 6.45) is 0. The van der Waals surface area contributed by atoms with Crippen molar-refractivity contribution < 1.29 is 18.3 Å². The number of rotatable bonds is 5. The highest BCUT2D eigenvalue weighted by atomic mass is 32.2. The van der Waals surface area contributed by atoms with Gasteiger partial charge in [-0.05, 0) is 5.92 Å². The largest absolute Gasteiger partial charge is 0.480 e. The third-order valence-electron chi connectivity index (χ3n) is 1.40. The SMILES string of the molecule is CC(C)CN(C)S(=O)(=O)CC(=O)O. The molecular formula is C7H15NO4S. The second kappa shape index (κ2) is 4.57. The number of sulfonamides is 1. The van der Waals surface area contributed by atoms with Gasteiger partial charge in [0.2, 0.25) is 10.0 Å². The van der Waals surface area contributed by atoms with Crippen LogP contribution in [0.5, 0.6) is 0 Å². The van der Waals surface area contributed by atoms with Gasteiger partial charge in [0.1, 0.15) is 0 Å². The zero-order valence-corrected chi connectivity index (χ0v) is 8.84. The van der Waals surface area contributed by atoms with Gasteiger partial charge in [0.05, 0.1) is 0 Å². The Balaban J connectivity index is 4.37. The standard InChI is InChI=1S/C7H15NO4S/c1-6(2)4-8(3)13(11,12)5-7(9)10/h6H,4-5H2,1-3H3,(H,9,10). The van der Waals surface area contributed by atoms with Gasteiger partial charge in [-0.25, -0.2) is 12.7 Å². The van der Waals surface area contributed by atoms with Crippen LogP contribution in [-0.2, 0) is 14.8 Å². The fraction of sp³-hybridized carbons (Fsp3) is 0.857. The number of carbonyl (C=O) groups is 1. The van der Waals surface area contributed by atoms with E-state index in [1.165, 1.54) is 7.05 Å². The number of aliphatic carboxylic acids is 1. The molecule has 0 aromatic carbocycles. The van der Waals surface area contributed by atoms with Crippen molar-refractivity contribution >= 4 is 16.0 Å². The molecular weight excluding hydrogens is 194 g/mol. The molecule has 0 unspecified atom stereocenters. The van der Waals surface area contributed by atoms with E-state index >= 15 is 0 Å². The minimum Gasteiger partial charge on any atom is -0.480 e. The van der Waals surface area contributed by atoms with Gasteiger partial charge in [-0.15, -0.1) is 0 Å². The highest BCUT2D eigenvalue weighted by Gasteiger charge is 2.21. The Morgan fingerprint density at radius 1 is 1.46 bits per heavy atom. The van der Waals surface area contributed by atoms with Crippen LogP contribution in [0.3, 0.4) is 0 Å². The summed E-state index contributed by atoms with van der Waals surface area (Å²) in [6, 6.07) is 0. The number of hydrogen-bond donors (Lipinski definition) is 1. The lowest BCUT2D eigenvalue weighted by atomic mass is 10.2. The molecule has 0 saturated heterocycles. The molecule has 6 heteroatoms.